The molecule has 0 atom stereocenters. The Bertz CT molecular complexity index is 918. The molecular weight excluding hydrogens is 354 g/mol. The SMILES string of the molecule is Cc1[nH]nc(-c2ccc(OCCN3CCOCC3)cc2O)c1-c1ccccc1. The number of rotatable bonds is 6. The van der Waals surface area contributed by atoms with Crippen LogP contribution >= 0.6 is 0 Å². The van der Waals surface area contributed by atoms with Gasteiger partial charge in [-0.25, -0.2) is 0 Å². The molecule has 28 heavy (non-hydrogen) atoms. The van der Waals surface area contributed by atoms with Crippen LogP contribution in [-0.4, -0.2) is 59.7 Å². The molecule has 1 saturated heterocycles. The number of hydrogen-bond donors (Lipinski definition) is 2. The maximum absolute atomic E-state index is 10.6. The van der Waals surface area contributed by atoms with Gasteiger partial charge in [-0.15, -0.1) is 0 Å². The number of ether oxygens (including phenoxy) is 2. The summed E-state index contributed by atoms with van der Waals surface area (Å²) in [5.41, 5.74) is 4.45. The van der Waals surface area contributed by atoms with Crippen molar-refractivity contribution in [2.45, 2.75) is 6.92 Å². The van der Waals surface area contributed by atoms with E-state index in [9.17, 15) is 5.11 Å². The van der Waals surface area contributed by atoms with Crippen LogP contribution in [0.4, 0.5) is 0 Å². The average Bonchev–Trinajstić information content (AvgIpc) is 3.11. The van der Waals surface area contributed by atoms with E-state index in [4.69, 9.17) is 9.47 Å². The van der Waals surface area contributed by atoms with Gasteiger partial charge >= 0.3 is 0 Å². The summed E-state index contributed by atoms with van der Waals surface area (Å²) in [6.07, 6.45) is 0. The highest BCUT2D eigenvalue weighted by Crippen LogP contribution is 2.38. The maximum Gasteiger partial charge on any atom is 0.128 e. The number of aromatic amines is 1. The second-order valence-electron chi connectivity index (χ2n) is 6.92. The Morgan fingerprint density at radius 2 is 1.93 bits per heavy atom. The van der Waals surface area contributed by atoms with Gasteiger partial charge in [0.05, 0.1) is 13.2 Å². The summed E-state index contributed by atoms with van der Waals surface area (Å²) in [6, 6.07) is 15.5. The lowest BCUT2D eigenvalue weighted by atomic mass is 9.99. The van der Waals surface area contributed by atoms with Gasteiger partial charge in [0.2, 0.25) is 0 Å². The molecular formula is C22H25N3O3. The first kappa shape index (κ1) is 18.5. The smallest absolute Gasteiger partial charge is 0.128 e. The van der Waals surface area contributed by atoms with Crippen LogP contribution in [0.5, 0.6) is 11.5 Å². The number of aryl methyl sites for hydroxylation is 1. The van der Waals surface area contributed by atoms with E-state index >= 15 is 0 Å². The summed E-state index contributed by atoms with van der Waals surface area (Å²) >= 11 is 0. The van der Waals surface area contributed by atoms with Crippen molar-refractivity contribution in [1.29, 1.82) is 0 Å². The predicted octanol–water partition coefficient (Wildman–Crippen LogP) is 3.47. The summed E-state index contributed by atoms with van der Waals surface area (Å²) in [5.74, 6) is 0.815. The third kappa shape index (κ3) is 4.03. The van der Waals surface area contributed by atoms with Crippen LogP contribution in [-0.2, 0) is 4.74 Å². The Kier molecular flexibility index (Phi) is 5.60. The molecule has 6 nitrogen and oxygen atoms in total. The molecule has 1 fully saturated rings. The zero-order valence-corrected chi connectivity index (χ0v) is 16.0. The fourth-order valence-electron chi connectivity index (χ4n) is 3.50. The molecule has 2 aromatic carbocycles. The molecule has 1 aliphatic rings. The summed E-state index contributed by atoms with van der Waals surface area (Å²) in [7, 11) is 0. The van der Waals surface area contributed by atoms with Crippen LogP contribution in [0, 0.1) is 6.92 Å². The van der Waals surface area contributed by atoms with Gasteiger partial charge in [-0.05, 0) is 24.6 Å². The fourth-order valence-corrected chi connectivity index (χ4v) is 3.50. The molecule has 0 spiro atoms. The van der Waals surface area contributed by atoms with Gasteiger partial charge in [-0.2, -0.15) is 5.10 Å². The van der Waals surface area contributed by atoms with E-state index < -0.39 is 0 Å². The van der Waals surface area contributed by atoms with Gasteiger partial charge in [0.1, 0.15) is 23.8 Å². The van der Waals surface area contributed by atoms with E-state index in [1.165, 1.54) is 0 Å². The van der Waals surface area contributed by atoms with Crippen molar-refractivity contribution in [1.82, 2.24) is 15.1 Å². The Morgan fingerprint density at radius 3 is 2.68 bits per heavy atom. The van der Waals surface area contributed by atoms with E-state index in [2.05, 4.69) is 15.1 Å². The number of phenols is 1. The van der Waals surface area contributed by atoms with Crippen molar-refractivity contribution in [3.8, 4) is 33.9 Å². The van der Waals surface area contributed by atoms with Crippen molar-refractivity contribution in [3.05, 3.63) is 54.2 Å². The van der Waals surface area contributed by atoms with Crippen LogP contribution in [0.2, 0.25) is 0 Å². The summed E-state index contributed by atoms with van der Waals surface area (Å²) in [5, 5.41) is 18.1. The van der Waals surface area contributed by atoms with Gasteiger partial charge in [-0.1, -0.05) is 30.3 Å². The van der Waals surface area contributed by atoms with Crippen LogP contribution in [0.1, 0.15) is 5.69 Å². The zero-order valence-electron chi connectivity index (χ0n) is 16.0. The van der Waals surface area contributed by atoms with Crippen LogP contribution < -0.4 is 4.74 Å². The molecule has 0 bridgehead atoms. The average molecular weight is 379 g/mol. The monoisotopic (exact) mass is 379 g/mol. The molecule has 0 unspecified atom stereocenters. The van der Waals surface area contributed by atoms with Crippen molar-refractivity contribution >= 4 is 0 Å². The molecule has 0 radical (unpaired) electrons. The standard InChI is InChI=1S/C22H25N3O3/c1-16-21(17-5-3-2-4-6-17)22(24-23-16)19-8-7-18(15-20(19)26)28-14-11-25-9-12-27-13-10-25/h2-8,15,26H,9-14H2,1H3,(H,23,24). The Hall–Kier alpha value is -2.83. The highest BCUT2D eigenvalue weighted by Gasteiger charge is 2.17. The van der Waals surface area contributed by atoms with E-state index in [1.54, 1.807) is 6.07 Å². The number of aromatic hydroxyl groups is 1. The molecule has 2 heterocycles. The second kappa shape index (κ2) is 8.46. The van der Waals surface area contributed by atoms with Crippen LogP contribution in [0.15, 0.2) is 48.5 Å². The lowest BCUT2D eigenvalue weighted by molar-refractivity contribution is 0.0322. The zero-order chi connectivity index (χ0) is 19.3. The number of nitrogens with one attached hydrogen (secondary N) is 1. The van der Waals surface area contributed by atoms with Gasteiger partial charge < -0.3 is 14.6 Å². The van der Waals surface area contributed by atoms with Crippen molar-refractivity contribution in [3.63, 3.8) is 0 Å². The van der Waals surface area contributed by atoms with Gasteiger partial charge in [0.25, 0.3) is 0 Å². The maximum atomic E-state index is 10.6. The van der Waals surface area contributed by atoms with Gasteiger partial charge in [0, 0.05) is 42.5 Å². The minimum absolute atomic E-state index is 0.160. The van der Waals surface area contributed by atoms with Crippen molar-refractivity contribution in [2.75, 3.05) is 39.5 Å². The summed E-state index contributed by atoms with van der Waals surface area (Å²) in [4.78, 5) is 2.32. The third-order valence-electron chi connectivity index (χ3n) is 5.01. The minimum atomic E-state index is 0.160. The first-order chi connectivity index (χ1) is 13.7. The lowest BCUT2D eigenvalue weighted by Crippen LogP contribution is -2.38. The quantitative estimate of drug-likeness (QED) is 0.686. The number of hydrogen-bond acceptors (Lipinski definition) is 5. The summed E-state index contributed by atoms with van der Waals surface area (Å²) < 4.78 is 11.2. The molecule has 2 N–H and O–H groups in total. The Balaban J connectivity index is 1.49. The predicted molar refractivity (Wildman–Crippen MR) is 109 cm³/mol. The number of H-pyrrole nitrogens is 1. The number of phenolic OH excluding ortho intramolecular Hbond substituents is 1. The largest absolute Gasteiger partial charge is 0.507 e. The van der Waals surface area contributed by atoms with Crippen LogP contribution in [0.25, 0.3) is 22.4 Å². The Labute approximate surface area is 164 Å². The molecule has 0 saturated carbocycles. The molecule has 4 rings (SSSR count). The molecule has 0 aliphatic carbocycles. The molecule has 3 aromatic rings. The van der Waals surface area contributed by atoms with E-state index in [1.807, 2.05) is 49.4 Å². The summed E-state index contributed by atoms with van der Waals surface area (Å²) in [6.45, 7) is 6.85. The van der Waals surface area contributed by atoms with E-state index in [0.717, 1.165) is 55.4 Å². The van der Waals surface area contributed by atoms with E-state index in [0.29, 0.717) is 17.9 Å². The second-order valence-corrected chi connectivity index (χ2v) is 6.92. The van der Waals surface area contributed by atoms with Crippen molar-refractivity contribution in [2.24, 2.45) is 0 Å². The lowest BCUT2D eigenvalue weighted by Gasteiger charge is -2.26. The molecule has 146 valence electrons. The van der Waals surface area contributed by atoms with Gasteiger partial charge in [-0.3, -0.25) is 10.00 Å². The number of benzene rings is 2. The molecule has 6 heteroatoms. The minimum Gasteiger partial charge on any atom is -0.507 e. The first-order valence-electron chi connectivity index (χ1n) is 9.59. The Morgan fingerprint density at radius 1 is 1.14 bits per heavy atom. The van der Waals surface area contributed by atoms with Crippen molar-refractivity contribution < 1.29 is 14.6 Å². The third-order valence-corrected chi connectivity index (χ3v) is 5.01. The van der Waals surface area contributed by atoms with Gasteiger partial charge in [0.15, 0.2) is 0 Å². The fraction of sp³-hybridized carbons (Fsp3) is 0.318. The highest BCUT2D eigenvalue weighted by molar-refractivity contribution is 5.85. The number of nitrogens with zero attached hydrogens (tertiary/aromatic N) is 2. The number of aromatic nitrogens is 2. The topological polar surface area (TPSA) is 70.6 Å². The highest BCUT2D eigenvalue weighted by atomic mass is 16.5. The number of morpholine rings is 1. The first-order valence-corrected chi connectivity index (χ1v) is 9.59. The molecule has 1 aliphatic heterocycles. The normalized spacial score (nSPS) is 14.9. The molecule has 0 amide bonds. The van der Waals surface area contributed by atoms with E-state index in [-0.39, 0.29) is 5.75 Å². The molecule has 1 aromatic heterocycles. The van der Waals surface area contributed by atoms with Crippen LogP contribution in [0.3, 0.4) is 0 Å².